The Morgan fingerprint density at radius 1 is 1.24 bits per heavy atom. The molecule has 0 aliphatic carbocycles. The van der Waals surface area contributed by atoms with E-state index in [1.807, 2.05) is 18.2 Å². The van der Waals surface area contributed by atoms with Gasteiger partial charge in [0.2, 0.25) is 0 Å². The van der Waals surface area contributed by atoms with Crippen molar-refractivity contribution in [3.63, 3.8) is 0 Å². The van der Waals surface area contributed by atoms with Gasteiger partial charge >= 0.3 is 0 Å². The summed E-state index contributed by atoms with van der Waals surface area (Å²) in [5.74, 6) is 0. The predicted molar refractivity (Wildman–Crippen MR) is 73.1 cm³/mol. The Hall–Kier alpha value is -0.860. The van der Waals surface area contributed by atoms with E-state index in [0.29, 0.717) is 6.04 Å². The Balaban J connectivity index is 2.38. The molecule has 1 unspecified atom stereocenters. The fourth-order valence-corrected chi connectivity index (χ4v) is 2.07. The van der Waals surface area contributed by atoms with E-state index in [2.05, 4.69) is 31.3 Å². The van der Waals surface area contributed by atoms with Crippen LogP contribution in [0.25, 0.3) is 0 Å². The molecular formula is C15H25NO. The molecule has 1 rings (SSSR count). The monoisotopic (exact) mass is 235 g/mol. The lowest BCUT2D eigenvalue weighted by Gasteiger charge is -2.21. The maximum Gasteiger partial charge on any atom is 0.0587 e. The van der Waals surface area contributed by atoms with Crippen LogP contribution in [0.3, 0.4) is 0 Å². The van der Waals surface area contributed by atoms with Crippen molar-refractivity contribution in [1.29, 1.82) is 0 Å². The summed E-state index contributed by atoms with van der Waals surface area (Å²) < 4.78 is 0. The second kappa shape index (κ2) is 8.26. The molecule has 0 aliphatic rings. The molecule has 0 aliphatic heterocycles. The van der Waals surface area contributed by atoms with Crippen LogP contribution < -0.4 is 5.32 Å². The van der Waals surface area contributed by atoms with Gasteiger partial charge in [-0.25, -0.2) is 0 Å². The zero-order valence-corrected chi connectivity index (χ0v) is 11.0. The first-order chi connectivity index (χ1) is 8.26. The van der Waals surface area contributed by atoms with Gasteiger partial charge in [-0.2, -0.15) is 0 Å². The minimum atomic E-state index is 0.171. The zero-order chi connectivity index (χ0) is 12.5. The molecule has 2 nitrogen and oxygen atoms in total. The number of benzene rings is 1. The summed E-state index contributed by atoms with van der Waals surface area (Å²) in [6.07, 6.45) is 4.56. The topological polar surface area (TPSA) is 32.3 Å². The maximum absolute atomic E-state index is 9.40. The van der Waals surface area contributed by atoms with Crippen molar-refractivity contribution in [2.24, 2.45) is 0 Å². The predicted octanol–water partition coefficient (Wildman–Crippen LogP) is 2.76. The molecule has 1 aromatic carbocycles. The molecule has 0 aromatic heterocycles. The highest BCUT2D eigenvalue weighted by Gasteiger charge is 2.11. The van der Waals surface area contributed by atoms with Crippen molar-refractivity contribution < 1.29 is 5.11 Å². The average molecular weight is 235 g/mol. The minimum Gasteiger partial charge on any atom is -0.395 e. The summed E-state index contributed by atoms with van der Waals surface area (Å²) in [5.41, 5.74) is 1.28. The smallest absolute Gasteiger partial charge is 0.0587 e. The largest absolute Gasteiger partial charge is 0.395 e. The zero-order valence-electron chi connectivity index (χ0n) is 11.0. The highest BCUT2D eigenvalue weighted by molar-refractivity contribution is 5.15. The molecule has 0 bridgehead atoms. The van der Waals surface area contributed by atoms with Gasteiger partial charge in [-0.1, -0.05) is 50.1 Å². The van der Waals surface area contributed by atoms with Crippen molar-refractivity contribution >= 4 is 0 Å². The van der Waals surface area contributed by atoms with Crippen molar-refractivity contribution in [3.8, 4) is 0 Å². The van der Waals surface area contributed by atoms with Gasteiger partial charge in [0.05, 0.1) is 6.61 Å². The maximum atomic E-state index is 9.40. The van der Waals surface area contributed by atoms with Gasteiger partial charge in [0.15, 0.2) is 0 Å². The molecule has 0 spiro atoms. The van der Waals surface area contributed by atoms with Crippen LogP contribution in [0.2, 0.25) is 0 Å². The first-order valence-corrected chi connectivity index (χ1v) is 6.67. The van der Waals surface area contributed by atoms with Crippen molar-refractivity contribution in [2.45, 2.75) is 51.6 Å². The Morgan fingerprint density at radius 2 is 1.94 bits per heavy atom. The van der Waals surface area contributed by atoms with Crippen molar-refractivity contribution in [2.75, 3.05) is 6.61 Å². The summed E-state index contributed by atoms with van der Waals surface area (Å²) in [7, 11) is 0. The van der Waals surface area contributed by atoms with E-state index in [0.717, 1.165) is 6.42 Å². The molecule has 96 valence electrons. The van der Waals surface area contributed by atoms with Crippen LogP contribution in [0.15, 0.2) is 30.3 Å². The molecular weight excluding hydrogens is 210 g/mol. The molecule has 2 atom stereocenters. The van der Waals surface area contributed by atoms with Crippen molar-refractivity contribution in [3.05, 3.63) is 35.9 Å². The third-order valence-corrected chi connectivity index (χ3v) is 3.06. The number of aliphatic hydroxyl groups excluding tert-OH is 1. The molecule has 0 radical (unpaired) electrons. The lowest BCUT2D eigenvalue weighted by molar-refractivity contribution is 0.229. The highest BCUT2D eigenvalue weighted by Crippen LogP contribution is 2.06. The summed E-state index contributed by atoms with van der Waals surface area (Å²) in [6, 6.07) is 11.0. The minimum absolute atomic E-state index is 0.171. The average Bonchev–Trinajstić information content (AvgIpc) is 2.36. The molecule has 1 aromatic rings. The third kappa shape index (κ3) is 5.85. The molecule has 17 heavy (non-hydrogen) atoms. The van der Waals surface area contributed by atoms with E-state index in [1.165, 1.54) is 24.8 Å². The first kappa shape index (κ1) is 14.2. The third-order valence-electron chi connectivity index (χ3n) is 3.06. The standard InChI is InChI=1S/C15H25NO/c1-3-4-8-13(2)16-15(12-17)11-14-9-6-5-7-10-14/h5-7,9-10,13,15-17H,3-4,8,11-12H2,1-2H3/t13?,15-/m0/s1. The SMILES string of the molecule is CCCCC(C)N[C@H](CO)Cc1ccccc1. The molecule has 0 heterocycles. The Morgan fingerprint density at radius 3 is 2.53 bits per heavy atom. The van der Waals surface area contributed by atoms with Crippen LogP contribution in [0.4, 0.5) is 0 Å². The quantitative estimate of drug-likeness (QED) is 0.726. The van der Waals surface area contributed by atoms with Gasteiger partial charge in [0, 0.05) is 12.1 Å². The van der Waals surface area contributed by atoms with Crippen molar-refractivity contribution in [1.82, 2.24) is 5.32 Å². The van der Waals surface area contributed by atoms with E-state index in [4.69, 9.17) is 0 Å². The van der Waals surface area contributed by atoms with Gasteiger partial charge in [-0.3, -0.25) is 0 Å². The Kier molecular flexibility index (Phi) is 6.90. The Bertz CT molecular complexity index is 286. The normalized spacial score (nSPS) is 14.5. The van der Waals surface area contributed by atoms with Crippen LogP contribution in [0.1, 0.15) is 38.7 Å². The lowest BCUT2D eigenvalue weighted by Crippen LogP contribution is -2.40. The van der Waals surface area contributed by atoms with E-state index in [9.17, 15) is 5.11 Å². The van der Waals surface area contributed by atoms with E-state index in [1.54, 1.807) is 0 Å². The van der Waals surface area contributed by atoms with E-state index >= 15 is 0 Å². The summed E-state index contributed by atoms with van der Waals surface area (Å²) in [6.45, 7) is 4.61. The van der Waals surface area contributed by atoms with Gasteiger partial charge in [0.25, 0.3) is 0 Å². The van der Waals surface area contributed by atoms with E-state index in [-0.39, 0.29) is 12.6 Å². The molecule has 0 saturated heterocycles. The number of unbranched alkanes of at least 4 members (excludes halogenated alkanes) is 1. The molecule has 0 saturated carbocycles. The fourth-order valence-electron chi connectivity index (χ4n) is 2.07. The molecule has 2 N–H and O–H groups in total. The Labute approximate surface area is 105 Å². The summed E-state index contributed by atoms with van der Waals surface area (Å²) in [5, 5.41) is 12.9. The summed E-state index contributed by atoms with van der Waals surface area (Å²) >= 11 is 0. The van der Waals surface area contributed by atoms with Crippen LogP contribution in [0, 0.1) is 0 Å². The number of nitrogens with one attached hydrogen (secondary N) is 1. The lowest BCUT2D eigenvalue weighted by atomic mass is 10.0. The van der Waals surface area contributed by atoms with Crippen LogP contribution >= 0.6 is 0 Å². The van der Waals surface area contributed by atoms with Gasteiger partial charge in [-0.05, 0) is 25.3 Å². The second-order valence-electron chi connectivity index (χ2n) is 4.78. The number of hydrogen-bond donors (Lipinski definition) is 2. The highest BCUT2D eigenvalue weighted by atomic mass is 16.3. The van der Waals surface area contributed by atoms with Gasteiger partial charge in [0.1, 0.15) is 0 Å². The number of aliphatic hydroxyl groups is 1. The number of hydrogen-bond acceptors (Lipinski definition) is 2. The number of rotatable bonds is 8. The fraction of sp³-hybridized carbons (Fsp3) is 0.600. The van der Waals surface area contributed by atoms with Crippen LogP contribution in [-0.4, -0.2) is 23.8 Å². The van der Waals surface area contributed by atoms with Gasteiger partial charge in [-0.15, -0.1) is 0 Å². The second-order valence-corrected chi connectivity index (χ2v) is 4.78. The molecule has 2 heteroatoms. The van der Waals surface area contributed by atoms with E-state index < -0.39 is 0 Å². The molecule has 0 fully saturated rings. The molecule has 0 amide bonds. The summed E-state index contributed by atoms with van der Waals surface area (Å²) in [4.78, 5) is 0. The van der Waals surface area contributed by atoms with Crippen LogP contribution in [-0.2, 0) is 6.42 Å². The first-order valence-electron chi connectivity index (χ1n) is 6.67. The van der Waals surface area contributed by atoms with Gasteiger partial charge < -0.3 is 10.4 Å². The van der Waals surface area contributed by atoms with Crippen LogP contribution in [0.5, 0.6) is 0 Å².